The lowest BCUT2D eigenvalue weighted by molar-refractivity contribution is -0.149. The van der Waals surface area contributed by atoms with Gasteiger partial charge in [-0.15, -0.1) is 18.3 Å². The van der Waals surface area contributed by atoms with Crippen LogP contribution in [0.25, 0.3) is 0 Å². The monoisotopic (exact) mass is 577 g/mol. The Morgan fingerprint density at radius 1 is 1.12 bits per heavy atom. The van der Waals surface area contributed by atoms with Crippen molar-refractivity contribution in [3.8, 4) is 0 Å². The topological polar surface area (TPSA) is 101 Å². The van der Waals surface area contributed by atoms with Gasteiger partial charge in [0, 0.05) is 36.3 Å². The van der Waals surface area contributed by atoms with E-state index >= 15 is 0 Å². The van der Waals surface area contributed by atoms with Crippen molar-refractivity contribution in [3.05, 3.63) is 72.8 Å². The second-order valence-electron chi connectivity index (χ2n) is 11.2. The van der Waals surface area contributed by atoms with Crippen molar-refractivity contribution in [2.45, 2.75) is 49.3 Å². The number of anilines is 2. The molecule has 0 saturated carbocycles. The van der Waals surface area contributed by atoms with Crippen LogP contribution in [0.4, 0.5) is 11.4 Å². The molecule has 3 unspecified atom stereocenters. The summed E-state index contributed by atoms with van der Waals surface area (Å²) in [6.07, 6.45) is 2.29. The number of carboxylic acids is 1. The number of benzene rings is 2. The molecule has 2 bridgehead atoms. The van der Waals surface area contributed by atoms with Crippen molar-refractivity contribution in [1.29, 1.82) is 0 Å². The number of aliphatic carboxylic acids is 1. The first kappa shape index (κ1) is 29.2. The predicted octanol–water partition coefficient (Wildman–Crippen LogP) is 4.21. The zero-order valence-electron chi connectivity index (χ0n) is 23.8. The van der Waals surface area contributed by atoms with Crippen LogP contribution in [0.5, 0.6) is 0 Å². The number of nitrogens with zero attached hydrogens (tertiary/aromatic N) is 3. The second kappa shape index (κ2) is 11.5. The molecule has 3 aliphatic rings. The molecule has 3 fully saturated rings. The molecule has 2 N–H and O–H groups in total. The number of carbonyl (C=O) groups is 3. The minimum absolute atomic E-state index is 0.0632. The van der Waals surface area contributed by atoms with Crippen molar-refractivity contribution >= 4 is 40.9 Å². The van der Waals surface area contributed by atoms with E-state index in [2.05, 4.69) is 25.3 Å². The van der Waals surface area contributed by atoms with E-state index < -0.39 is 34.6 Å². The highest BCUT2D eigenvalue weighted by Crippen LogP contribution is 2.69. The molecule has 41 heavy (non-hydrogen) atoms. The molecule has 0 aliphatic carbocycles. The lowest BCUT2D eigenvalue weighted by Crippen LogP contribution is -2.58. The van der Waals surface area contributed by atoms with Gasteiger partial charge in [-0.05, 0) is 56.0 Å². The molecule has 0 radical (unpaired) electrons. The summed E-state index contributed by atoms with van der Waals surface area (Å²) in [7, 11) is 0. The Morgan fingerprint density at radius 3 is 2.32 bits per heavy atom. The van der Waals surface area contributed by atoms with Crippen LogP contribution in [0.2, 0.25) is 0 Å². The molecule has 2 aromatic rings. The maximum Gasteiger partial charge on any atom is 0.308 e. The van der Waals surface area contributed by atoms with Gasteiger partial charge in [-0.2, -0.15) is 0 Å². The van der Waals surface area contributed by atoms with Crippen LogP contribution in [0.3, 0.4) is 0 Å². The van der Waals surface area contributed by atoms with Crippen LogP contribution in [-0.4, -0.2) is 75.2 Å². The van der Waals surface area contributed by atoms with E-state index in [0.29, 0.717) is 17.7 Å². The molecule has 5 rings (SSSR count). The molecule has 3 heterocycles. The van der Waals surface area contributed by atoms with Crippen molar-refractivity contribution in [3.63, 3.8) is 0 Å². The van der Waals surface area contributed by atoms with Gasteiger partial charge in [0.05, 0.1) is 29.2 Å². The maximum atomic E-state index is 14.9. The number of hydrogen-bond acceptors (Lipinski definition) is 6. The smallest absolute Gasteiger partial charge is 0.308 e. The standard InChI is InChI=1S/C32H39N3O5S/c1-5-17-34(23-15-13-22(14-16-23)33(6-2)7-3)30(38)28-32-20(4)18-25(41-32)26(31(39)40)27(32)29(37)35(28)24(19-36)21-11-9-8-10-12-21/h5,8-16,20,24-28,36H,1,6-7,17-19H2,2-4H3,(H,39,40)/t20?,24-,25-,26+,27+,28?,32?/m1/s1. The second-order valence-corrected chi connectivity index (χ2v) is 12.7. The Balaban J connectivity index is 1.63. The molecule has 7 atom stereocenters. The predicted molar refractivity (Wildman–Crippen MR) is 162 cm³/mol. The summed E-state index contributed by atoms with van der Waals surface area (Å²) in [5, 5.41) is 20.7. The maximum absolute atomic E-state index is 14.9. The van der Waals surface area contributed by atoms with Crippen LogP contribution < -0.4 is 9.80 Å². The fourth-order valence-corrected chi connectivity index (χ4v) is 9.81. The van der Waals surface area contributed by atoms with Gasteiger partial charge in [-0.3, -0.25) is 14.4 Å². The average Bonchev–Trinajstić information content (AvgIpc) is 3.57. The van der Waals surface area contributed by atoms with Crippen LogP contribution in [-0.2, 0) is 14.4 Å². The molecule has 3 aliphatic heterocycles. The summed E-state index contributed by atoms with van der Waals surface area (Å²) < 4.78 is -0.912. The van der Waals surface area contributed by atoms with Crippen molar-refractivity contribution in [1.82, 2.24) is 4.90 Å². The van der Waals surface area contributed by atoms with Gasteiger partial charge in [0.2, 0.25) is 5.91 Å². The molecule has 218 valence electrons. The van der Waals surface area contributed by atoms with E-state index in [0.717, 1.165) is 18.8 Å². The van der Waals surface area contributed by atoms with E-state index in [-0.39, 0.29) is 36.1 Å². The molecule has 2 amide bonds. The fraction of sp³-hybridized carbons (Fsp3) is 0.469. The first-order valence-corrected chi connectivity index (χ1v) is 15.3. The third-order valence-electron chi connectivity index (χ3n) is 9.26. The largest absolute Gasteiger partial charge is 0.481 e. The van der Waals surface area contributed by atoms with Gasteiger partial charge in [-0.1, -0.05) is 43.3 Å². The number of hydrogen-bond donors (Lipinski definition) is 2. The number of amides is 2. The zero-order valence-corrected chi connectivity index (χ0v) is 24.7. The number of aliphatic hydroxyl groups is 1. The van der Waals surface area contributed by atoms with E-state index in [1.165, 1.54) is 16.7 Å². The fourth-order valence-electron chi connectivity index (χ4n) is 7.42. The van der Waals surface area contributed by atoms with Gasteiger partial charge in [-0.25, -0.2) is 0 Å². The molecule has 9 heteroatoms. The normalized spacial score (nSPS) is 28.8. The number of fused-ring (bicyclic) bond motifs is 1. The Labute approximate surface area is 246 Å². The number of aliphatic hydroxyl groups excluding tert-OH is 1. The quantitative estimate of drug-likeness (QED) is 0.386. The summed E-state index contributed by atoms with van der Waals surface area (Å²) in [6, 6.07) is 15.3. The third kappa shape index (κ3) is 4.54. The first-order valence-electron chi connectivity index (χ1n) is 14.4. The number of thioether (sulfide) groups is 1. The molecule has 8 nitrogen and oxygen atoms in total. The summed E-state index contributed by atoms with van der Waals surface area (Å²) in [5.41, 5.74) is 2.43. The van der Waals surface area contributed by atoms with Gasteiger partial charge in [0.1, 0.15) is 6.04 Å². The molecular weight excluding hydrogens is 538 g/mol. The lowest BCUT2D eigenvalue weighted by atomic mass is 9.66. The molecular formula is C32H39N3O5S. The molecule has 0 aromatic heterocycles. The highest BCUT2D eigenvalue weighted by Gasteiger charge is 2.77. The Morgan fingerprint density at radius 2 is 1.76 bits per heavy atom. The number of carbonyl (C=O) groups excluding carboxylic acids is 2. The zero-order chi connectivity index (χ0) is 29.5. The highest BCUT2D eigenvalue weighted by atomic mass is 32.2. The van der Waals surface area contributed by atoms with Gasteiger partial charge < -0.3 is 24.9 Å². The molecule has 1 spiro atoms. The highest BCUT2D eigenvalue weighted by molar-refractivity contribution is 8.02. The lowest BCUT2D eigenvalue weighted by Gasteiger charge is -2.42. The molecule has 2 aromatic carbocycles. The number of rotatable bonds is 11. The minimum atomic E-state index is -1.00. The minimum Gasteiger partial charge on any atom is -0.481 e. The molecule has 3 saturated heterocycles. The first-order chi connectivity index (χ1) is 19.7. The summed E-state index contributed by atoms with van der Waals surface area (Å²) in [4.78, 5) is 47.1. The Hall–Kier alpha value is -3.30. The Kier molecular flexibility index (Phi) is 8.21. The van der Waals surface area contributed by atoms with Crippen LogP contribution in [0.15, 0.2) is 67.3 Å². The summed E-state index contributed by atoms with van der Waals surface area (Å²) in [5.74, 6) is -3.43. The van der Waals surface area contributed by atoms with E-state index in [9.17, 15) is 24.6 Å². The van der Waals surface area contributed by atoms with Crippen LogP contribution in [0.1, 0.15) is 38.8 Å². The van der Waals surface area contributed by atoms with Crippen molar-refractivity contribution < 1.29 is 24.6 Å². The summed E-state index contributed by atoms with van der Waals surface area (Å²) >= 11 is 1.50. The van der Waals surface area contributed by atoms with Crippen LogP contribution >= 0.6 is 11.8 Å². The van der Waals surface area contributed by atoms with Crippen LogP contribution in [0, 0.1) is 17.8 Å². The SMILES string of the molecule is C=CCN(C(=O)C1N([C@H](CO)c2ccccc2)C(=O)[C@@H]2[C@@H](C(=O)O)[C@H]3CC(C)C12S3)c1ccc(N(CC)CC)cc1. The third-order valence-corrected chi connectivity index (χ3v) is 11.3. The van der Waals surface area contributed by atoms with E-state index in [4.69, 9.17) is 0 Å². The van der Waals surface area contributed by atoms with Crippen molar-refractivity contribution in [2.75, 3.05) is 36.0 Å². The van der Waals surface area contributed by atoms with E-state index in [1.54, 1.807) is 11.0 Å². The number of carboxylic acid groups (broad SMARTS) is 1. The van der Waals surface area contributed by atoms with Gasteiger partial charge in [0.15, 0.2) is 0 Å². The van der Waals surface area contributed by atoms with Gasteiger partial charge >= 0.3 is 5.97 Å². The number of likely N-dealkylation sites (tertiary alicyclic amines) is 1. The Bertz CT molecular complexity index is 1300. The van der Waals surface area contributed by atoms with Gasteiger partial charge in [0.25, 0.3) is 5.91 Å². The summed E-state index contributed by atoms with van der Waals surface area (Å²) in [6.45, 7) is 11.7. The average molecular weight is 578 g/mol. The van der Waals surface area contributed by atoms with E-state index in [1.807, 2.05) is 61.5 Å². The van der Waals surface area contributed by atoms with Crippen molar-refractivity contribution in [2.24, 2.45) is 17.8 Å².